The third-order valence-electron chi connectivity index (χ3n) is 3.17. The second kappa shape index (κ2) is 7.47. The maximum absolute atomic E-state index is 11.9. The molecule has 2 aromatic rings. The number of carbonyl (C=O) groups excluding carboxylic acids is 2. The molecular weight excluding hydrogens is 270 g/mol. The minimum Gasteiger partial charge on any atom is -0.460 e. The lowest BCUT2D eigenvalue weighted by Crippen LogP contribution is -2.05. The third-order valence-corrected chi connectivity index (χ3v) is 3.17. The molecule has 0 unspecified atom stereocenters. The van der Waals surface area contributed by atoms with Gasteiger partial charge in [-0.3, -0.25) is 4.79 Å². The molecule has 1 N–H and O–H groups in total. The number of furan rings is 1. The van der Waals surface area contributed by atoms with Gasteiger partial charge in [-0.15, -0.1) is 0 Å². The molecule has 0 fully saturated rings. The summed E-state index contributed by atoms with van der Waals surface area (Å²) in [6.07, 6.45) is 4.83. The molecule has 0 atom stereocenters. The fraction of sp³-hybridized carbons (Fsp3) is 0.375. The van der Waals surface area contributed by atoms with E-state index in [1.807, 2.05) is 0 Å². The number of hydrogen-bond donors (Lipinski definition) is 1. The number of unbranched alkanes of at least 4 members (excludes halogenated alkanes) is 3. The summed E-state index contributed by atoms with van der Waals surface area (Å²) in [5.74, 6) is -0.267. The first-order valence-electron chi connectivity index (χ1n) is 7.15. The Hall–Kier alpha value is -2.30. The third kappa shape index (κ3) is 4.08. The predicted molar refractivity (Wildman–Crippen MR) is 80.3 cm³/mol. The molecule has 0 saturated heterocycles. The van der Waals surface area contributed by atoms with Crippen molar-refractivity contribution in [2.45, 2.75) is 32.6 Å². The molecule has 0 bridgehead atoms. The molecule has 0 radical (unpaired) electrons. The van der Waals surface area contributed by atoms with Crippen LogP contribution >= 0.6 is 0 Å². The summed E-state index contributed by atoms with van der Waals surface area (Å²) >= 11 is 0. The molecule has 1 aromatic carbocycles. The highest BCUT2D eigenvalue weighted by Crippen LogP contribution is 2.23. The van der Waals surface area contributed by atoms with Crippen LogP contribution in [0.25, 0.3) is 11.0 Å². The SMILES string of the molecule is CCCCCCOC(=O)c1cc2cc(NC=O)ccc2o1. The fourth-order valence-electron chi connectivity index (χ4n) is 2.07. The quantitative estimate of drug-likeness (QED) is 0.456. The smallest absolute Gasteiger partial charge is 0.374 e. The number of anilines is 1. The normalized spacial score (nSPS) is 10.5. The summed E-state index contributed by atoms with van der Waals surface area (Å²) < 4.78 is 10.6. The highest BCUT2D eigenvalue weighted by Gasteiger charge is 2.13. The number of benzene rings is 1. The number of esters is 1. The molecule has 0 spiro atoms. The van der Waals surface area contributed by atoms with Crippen molar-refractivity contribution in [3.63, 3.8) is 0 Å². The van der Waals surface area contributed by atoms with E-state index in [2.05, 4.69) is 12.2 Å². The second-order valence-corrected chi connectivity index (χ2v) is 4.82. The lowest BCUT2D eigenvalue weighted by Gasteiger charge is -2.01. The van der Waals surface area contributed by atoms with E-state index in [4.69, 9.17) is 9.15 Å². The van der Waals surface area contributed by atoms with E-state index in [0.717, 1.165) is 31.1 Å². The molecule has 5 heteroatoms. The molecule has 21 heavy (non-hydrogen) atoms. The van der Waals surface area contributed by atoms with E-state index < -0.39 is 5.97 Å². The van der Waals surface area contributed by atoms with Gasteiger partial charge in [0.1, 0.15) is 5.58 Å². The van der Waals surface area contributed by atoms with Crippen molar-refractivity contribution in [1.82, 2.24) is 0 Å². The summed E-state index contributed by atoms with van der Waals surface area (Å²) in [5.41, 5.74) is 1.24. The first kappa shape index (κ1) is 15.1. The van der Waals surface area contributed by atoms with E-state index in [0.29, 0.717) is 24.3 Å². The zero-order valence-electron chi connectivity index (χ0n) is 12.1. The molecule has 0 aliphatic rings. The van der Waals surface area contributed by atoms with Crippen molar-refractivity contribution in [2.24, 2.45) is 0 Å². The van der Waals surface area contributed by atoms with Gasteiger partial charge in [0.05, 0.1) is 6.61 Å². The maximum Gasteiger partial charge on any atom is 0.374 e. The van der Waals surface area contributed by atoms with Crippen molar-refractivity contribution in [1.29, 1.82) is 0 Å². The van der Waals surface area contributed by atoms with Gasteiger partial charge < -0.3 is 14.5 Å². The minimum atomic E-state index is -0.451. The van der Waals surface area contributed by atoms with Gasteiger partial charge in [0, 0.05) is 11.1 Å². The van der Waals surface area contributed by atoms with E-state index in [9.17, 15) is 9.59 Å². The first-order chi connectivity index (χ1) is 10.2. The monoisotopic (exact) mass is 289 g/mol. The van der Waals surface area contributed by atoms with Gasteiger partial charge in [-0.25, -0.2) is 4.79 Å². The van der Waals surface area contributed by atoms with Crippen LogP contribution in [-0.2, 0) is 9.53 Å². The van der Waals surface area contributed by atoms with Crippen molar-refractivity contribution < 1.29 is 18.7 Å². The summed E-state index contributed by atoms with van der Waals surface area (Å²) in [6.45, 7) is 2.54. The van der Waals surface area contributed by atoms with Crippen LogP contribution in [0, 0.1) is 0 Å². The standard InChI is InChI=1S/C16H19NO4/c1-2-3-4-5-8-20-16(19)15-10-12-9-13(17-11-18)6-7-14(12)21-15/h6-7,9-11H,2-5,8H2,1H3,(H,17,18). The summed E-state index contributed by atoms with van der Waals surface area (Å²) in [7, 11) is 0. The minimum absolute atomic E-state index is 0.184. The Morgan fingerprint density at radius 3 is 2.90 bits per heavy atom. The van der Waals surface area contributed by atoms with Crippen LogP contribution in [-0.4, -0.2) is 19.0 Å². The molecule has 1 aromatic heterocycles. The number of amides is 1. The van der Waals surface area contributed by atoms with E-state index in [1.165, 1.54) is 0 Å². The van der Waals surface area contributed by atoms with E-state index in [-0.39, 0.29) is 5.76 Å². The Morgan fingerprint density at radius 2 is 2.14 bits per heavy atom. The number of nitrogens with one attached hydrogen (secondary N) is 1. The van der Waals surface area contributed by atoms with Crippen molar-refractivity contribution >= 4 is 29.0 Å². The van der Waals surface area contributed by atoms with Gasteiger partial charge in [-0.1, -0.05) is 26.2 Å². The van der Waals surface area contributed by atoms with Crippen LogP contribution in [0.1, 0.15) is 43.2 Å². The molecule has 0 saturated carbocycles. The summed E-state index contributed by atoms with van der Waals surface area (Å²) in [6, 6.07) is 6.78. The Labute approximate surface area is 123 Å². The van der Waals surface area contributed by atoms with Gasteiger partial charge >= 0.3 is 5.97 Å². The number of ether oxygens (including phenoxy) is 1. The summed E-state index contributed by atoms with van der Waals surface area (Å²) in [5, 5.41) is 3.30. The predicted octanol–water partition coefficient (Wildman–Crippen LogP) is 3.74. The van der Waals surface area contributed by atoms with Crippen LogP contribution in [0.15, 0.2) is 28.7 Å². The van der Waals surface area contributed by atoms with Crippen molar-refractivity contribution in [3.8, 4) is 0 Å². The van der Waals surface area contributed by atoms with Gasteiger partial charge in [0.15, 0.2) is 0 Å². The molecule has 1 heterocycles. The number of rotatable bonds is 8. The summed E-state index contributed by atoms with van der Waals surface area (Å²) in [4.78, 5) is 22.3. The first-order valence-corrected chi connectivity index (χ1v) is 7.15. The Bertz CT molecular complexity index is 618. The zero-order chi connectivity index (χ0) is 15.1. The molecule has 2 rings (SSSR count). The maximum atomic E-state index is 11.9. The highest BCUT2D eigenvalue weighted by molar-refractivity contribution is 5.94. The highest BCUT2D eigenvalue weighted by atomic mass is 16.5. The Balaban J connectivity index is 1.97. The van der Waals surface area contributed by atoms with Gasteiger partial charge in [0.2, 0.25) is 12.2 Å². The van der Waals surface area contributed by atoms with E-state index >= 15 is 0 Å². The second-order valence-electron chi connectivity index (χ2n) is 4.82. The largest absolute Gasteiger partial charge is 0.460 e. The molecule has 5 nitrogen and oxygen atoms in total. The number of carbonyl (C=O) groups is 2. The molecular formula is C16H19NO4. The molecule has 0 aliphatic heterocycles. The molecule has 0 aliphatic carbocycles. The van der Waals surface area contributed by atoms with Crippen molar-refractivity contribution in [2.75, 3.05) is 11.9 Å². The van der Waals surface area contributed by atoms with Crippen LogP contribution < -0.4 is 5.32 Å². The molecule has 1 amide bonds. The molecule has 112 valence electrons. The fourth-order valence-corrected chi connectivity index (χ4v) is 2.07. The van der Waals surface area contributed by atoms with Gasteiger partial charge in [-0.05, 0) is 30.7 Å². The lowest BCUT2D eigenvalue weighted by atomic mass is 10.2. The number of hydrogen-bond acceptors (Lipinski definition) is 4. The topological polar surface area (TPSA) is 68.5 Å². The Morgan fingerprint density at radius 1 is 1.29 bits per heavy atom. The van der Waals surface area contributed by atoms with Crippen LogP contribution in [0.3, 0.4) is 0 Å². The lowest BCUT2D eigenvalue weighted by molar-refractivity contribution is -0.105. The van der Waals surface area contributed by atoms with Gasteiger partial charge in [-0.2, -0.15) is 0 Å². The zero-order valence-corrected chi connectivity index (χ0v) is 12.1. The van der Waals surface area contributed by atoms with E-state index in [1.54, 1.807) is 24.3 Å². The Kier molecular flexibility index (Phi) is 5.37. The number of fused-ring (bicyclic) bond motifs is 1. The van der Waals surface area contributed by atoms with Crippen molar-refractivity contribution in [3.05, 3.63) is 30.0 Å². The van der Waals surface area contributed by atoms with Gasteiger partial charge in [0.25, 0.3) is 0 Å². The average molecular weight is 289 g/mol. The van der Waals surface area contributed by atoms with Crippen LogP contribution in [0.5, 0.6) is 0 Å². The van der Waals surface area contributed by atoms with Crippen LogP contribution in [0.2, 0.25) is 0 Å². The average Bonchev–Trinajstić information content (AvgIpc) is 2.90. The van der Waals surface area contributed by atoms with Crippen LogP contribution in [0.4, 0.5) is 5.69 Å².